The molecule has 0 aliphatic carbocycles. The van der Waals surface area contributed by atoms with Gasteiger partial charge < -0.3 is 10.1 Å². The van der Waals surface area contributed by atoms with Crippen LogP contribution in [0.25, 0.3) is 0 Å². The number of nitrogens with one attached hydrogen (secondary N) is 1. The van der Waals surface area contributed by atoms with Crippen molar-refractivity contribution in [3.63, 3.8) is 0 Å². The number of aromatic nitrogens is 2. The van der Waals surface area contributed by atoms with E-state index in [1.54, 1.807) is 18.2 Å². The van der Waals surface area contributed by atoms with Gasteiger partial charge in [-0.1, -0.05) is 12.1 Å². The molecule has 1 heterocycles. The van der Waals surface area contributed by atoms with Crippen LogP contribution in [-0.4, -0.2) is 16.4 Å². The first-order chi connectivity index (χ1) is 9.56. The second-order valence-electron chi connectivity index (χ2n) is 4.61. The SMILES string of the molecule is CC(C)n1ccc(CNc2ccccc2OC(F)F)n1. The minimum Gasteiger partial charge on any atom is -0.433 e. The minimum absolute atomic E-state index is 0.130. The molecule has 4 nitrogen and oxygen atoms in total. The van der Waals surface area contributed by atoms with Gasteiger partial charge in [0.2, 0.25) is 0 Å². The van der Waals surface area contributed by atoms with Crippen molar-refractivity contribution in [2.45, 2.75) is 33.0 Å². The molecular weight excluding hydrogens is 264 g/mol. The zero-order valence-electron chi connectivity index (χ0n) is 11.4. The quantitative estimate of drug-likeness (QED) is 0.878. The zero-order valence-corrected chi connectivity index (χ0v) is 11.4. The van der Waals surface area contributed by atoms with Crippen LogP contribution in [0.4, 0.5) is 14.5 Å². The number of anilines is 1. The molecule has 20 heavy (non-hydrogen) atoms. The molecule has 6 heteroatoms. The predicted octanol–water partition coefficient (Wildman–Crippen LogP) is 3.68. The van der Waals surface area contributed by atoms with E-state index >= 15 is 0 Å². The summed E-state index contributed by atoms with van der Waals surface area (Å²) < 4.78 is 30.9. The molecule has 0 bridgehead atoms. The molecule has 0 fully saturated rings. The summed E-state index contributed by atoms with van der Waals surface area (Å²) in [6, 6.07) is 8.78. The van der Waals surface area contributed by atoms with Gasteiger partial charge in [-0.2, -0.15) is 13.9 Å². The van der Waals surface area contributed by atoms with E-state index < -0.39 is 6.61 Å². The first-order valence-corrected chi connectivity index (χ1v) is 6.38. The number of alkyl halides is 2. The van der Waals surface area contributed by atoms with Crippen molar-refractivity contribution in [1.29, 1.82) is 0 Å². The fourth-order valence-electron chi connectivity index (χ4n) is 1.76. The topological polar surface area (TPSA) is 39.1 Å². The molecule has 0 saturated carbocycles. The Bertz CT molecular complexity index is 555. The fourth-order valence-corrected chi connectivity index (χ4v) is 1.76. The lowest BCUT2D eigenvalue weighted by molar-refractivity contribution is -0.0493. The maximum absolute atomic E-state index is 12.3. The average molecular weight is 281 g/mol. The molecule has 0 aliphatic rings. The van der Waals surface area contributed by atoms with Crippen molar-refractivity contribution >= 4 is 5.69 Å². The van der Waals surface area contributed by atoms with Gasteiger partial charge in [-0.05, 0) is 32.0 Å². The molecule has 0 unspecified atom stereocenters. The molecule has 0 amide bonds. The van der Waals surface area contributed by atoms with Crippen LogP contribution in [0.5, 0.6) is 5.75 Å². The number of benzene rings is 1. The van der Waals surface area contributed by atoms with E-state index in [-0.39, 0.29) is 5.75 Å². The largest absolute Gasteiger partial charge is 0.433 e. The van der Waals surface area contributed by atoms with E-state index in [2.05, 4.69) is 15.2 Å². The van der Waals surface area contributed by atoms with Gasteiger partial charge >= 0.3 is 6.61 Å². The van der Waals surface area contributed by atoms with Gasteiger partial charge in [-0.3, -0.25) is 4.68 Å². The lowest BCUT2D eigenvalue weighted by Gasteiger charge is -2.11. The summed E-state index contributed by atoms with van der Waals surface area (Å²) >= 11 is 0. The number of ether oxygens (including phenoxy) is 1. The highest BCUT2D eigenvalue weighted by Crippen LogP contribution is 2.25. The van der Waals surface area contributed by atoms with Crippen LogP contribution in [0.3, 0.4) is 0 Å². The van der Waals surface area contributed by atoms with Gasteiger partial charge in [0, 0.05) is 12.2 Å². The smallest absolute Gasteiger partial charge is 0.387 e. The Morgan fingerprint density at radius 2 is 2.00 bits per heavy atom. The monoisotopic (exact) mass is 281 g/mol. The third-order valence-corrected chi connectivity index (χ3v) is 2.76. The van der Waals surface area contributed by atoms with Crippen LogP contribution >= 0.6 is 0 Å². The van der Waals surface area contributed by atoms with E-state index in [9.17, 15) is 8.78 Å². The normalized spacial score (nSPS) is 11.1. The van der Waals surface area contributed by atoms with Crippen LogP contribution in [0, 0.1) is 0 Å². The molecule has 0 aliphatic heterocycles. The van der Waals surface area contributed by atoms with Crippen molar-refractivity contribution in [1.82, 2.24) is 9.78 Å². The molecule has 0 radical (unpaired) electrons. The summed E-state index contributed by atoms with van der Waals surface area (Å²) in [5.41, 5.74) is 1.36. The van der Waals surface area contributed by atoms with Crippen molar-refractivity contribution in [3.8, 4) is 5.75 Å². The van der Waals surface area contributed by atoms with Crippen LogP contribution in [0.15, 0.2) is 36.5 Å². The molecule has 1 aromatic heterocycles. The summed E-state index contributed by atoms with van der Waals surface area (Å²) in [6.45, 7) is 1.69. The Kier molecular flexibility index (Phi) is 4.55. The number of para-hydroxylation sites is 2. The van der Waals surface area contributed by atoms with Crippen molar-refractivity contribution < 1.29 is 13.5 Å². The highest BCUT2D eigenvalue weighted by molar-refractivity contribution is 5.56. The van der Waals surface area contributed by atoms with E-state index in [4.69, 9.17) is 0 Å². The molecule has 108 valence electrons. The lowest BCUT2D eigenvalue weighted by atomic mass is 10.3. The second kappa shape index (κ2) is 6.36. The number of hydrogen-bond acceptors (Lipinski definition) is 3. The number of rotatable bonds is 6. The Hall–Kier alpha value is -2.11. The molecule has 0 spiro atoms. The Labute approximate surface area is 116 Å². The van der Waals surface area contributed by atoms with Gasteiger partial charge in [-0.25, -0.2) is 0 Å². The van der Waals surface area contributed by atoms with Gasteiger partial charge in [0.05, 0.1) is 17.9 Å². The Morgan fingerprint density at radius 3 is 2.65 bits per heavy atom. The molecule has 2 rings (SSSR count). The summed E-state index contributed by atoms with van der Waals surface area (Å²) in [5.74, 6) is 0.130. The Morgan fingerprint density at radius 1 is 1.25 bits per heavy atom. The Balaban J connectivity index is 2.02. The summed E-state index contributed by atoms with van der Waals surface area (Å²) in [6.07, 6.45) is 1.89. The van der Waals surface area contributed by atoms with E-state index in [1.807, 2.05) is 30.8 Å². The third kappa shape index (κ3) is 3.69. The number of nitrogens with zero attached hydrogens (tertiary/aromatic N) is 2. The molecule has 0 atom stereocenters. The molecule has 2 aromatic rings. The van der Waals surface area contributed by atoms with Crippen molar-refractivity contribution in [2.24, 2.45) is 0 Å². The van der Waals surface area contributed by atoms with Gasteiger partial charge in [-0.15, -0.1) is 0 Å². The van der Waals surface area contributed by atoms with Gasteiger partial charge in [0.25, 0.3) is 0 Å². The van der Waals surface area contributed by atoms with Crippen LogP contribution in [-0.2, 0) is 6.54 Å². The first-order valence-electron chi connectivity index (χ1n) is 6.38. The van der Waals surface area contributed by atoms with E-state index in [0.29, 0.717) is 18.3 Å². The second-order valence-corrected chi connectivity index (χ2v) is 4.61. The van der Waals surface area contributed by atoms with Crippen molar-refractivity contribution in [2.75, 3.05) is 5.32 Å². The highest BCUT2D eigenvalue weighted by Gasteiger charge is 2.09. The average Bonchev–Trinajstić information content (AvgIpc) is 2.86. The lowest BCUT2D eigenvalue weighted by Crippen LogP contribution is -2.07. The van der Waals surface area contributed by atoms with Crippen molar-refractivity contribution in [3.05, 3.63) is 42.2 Å². The summed E-state index contributed by atoms with van der Waals surface area (Å²) in [4.78, 5) is 0. The molecule has 0 saturated heterocycles. The number of hydrogen-bond donors (Lipinski definition) is 1. The van der Waals surface area contributed by atoms with E-state index in [0.717, 1.165) is 5.69 Å². The minimum atomic E-state index is -2.84. The fraction of sp³-hybridized carbons (Fsp3) is 0.357. The zero-order chi connectivity index (χ0) is 14.5. The first kappa shape index (κ1) is 14.3. The van der Waals surface area contributed by atoms with E-state index in [1.165, 1.54) is 6.07 Å². The van der Waals surface area contributed by atoms with Gasteiger partial charge in [0.15, 0.2) is 0 Å². The summed E-state index contributed by atoms with van der Waals surface area (Å²) in [7, 11) is 0. The predicted molar refractivity (Wildman–Crippen MR) is 73.0 cm³/mol. The molecule has 1 N–H and O–H groups in total. The molecule has 1 aromatic carbocycles. The third-order valence-electron chi connectivity index (χ3n) is 2.76. The maximum atomic E-state index is 12.3. The van der Waals surface area contributed by atoms with Gasteiger partial charge in [0.1, 0.15) is 5.75 Å². The van der Waals surface area contributed by atoms with Crippen LogP contribution < -0.4 is 10.1 Å². The maximum Gasteiger partial charge on any atom is 0.387 e. The van der Waals surface area contributed by atoms with Crippen LogP contribution in [0.2, 0.25) is 0 Å². The highest BCUT2D eigenvalue weighted by atomic mass is 19.3. The number of halogens is 2. The standard InChI is InChI=1S/C14H17F2N3O/c1-10(2)19-8-7-11(18-19)9-17-12-5-3-4-6-13(12)20-14(15)16/h3-8,10,14,17H,9H2,1-2H3. The summed E-state index contributed by atoms with van der Waals surface area (Å²) in [5, 5.41) is 7.43. The molecular formula is C14H17F2N3O. The van der Waals surface area contributed by atoms with Crippen LogP contribution in [0.1, 0.15) is 25.6 Å².